The van der Waals surface area contributed by atoms with Crippen molar-refractivity contribution in [2.45, 2.75) is 6.92 Å². The molecule has 5 heteroatoms. The van der Waals surface area contributed by atoms with Crippen LogP contribution in [0.3, 0.4) is 0 Å². The number of rotatable bonds is 4. The first-order chi connectivity index (χ1) is 11.6. The second-order valence-corrected chi connectivity index (χ2v) is 5.33. The molecular weight excluding hydrogens is 304 g/mol. The van der Waals surface area contributed by atoms with Gasteiger partial charge in [0, 0.05) is 16.9 Å². The molecule has 1 heterocycles. The first-order valence-corrected chi connectivity index (χ1v) is 7.45. The van der Waals surface area contributed by atoms with Gasteiger partial charge in [-0.25, -0.2) is 0 Å². The highest BCUT2D eigenvalue weighted by molar-refractivity contribution is 6.05. The number of anilines is 2. The van der Waals surface area contributed by atoms with Crippen LogP contribution in [0.25, 0.3) is 0 Å². The van der Waals surface area contributed by atoms with Crippen LogP contribution < -0.4 is 10.6 Å². The van der Waals surface area contributed by atoms with Gasteiger partial charge in [0.2, 0.25) is 0 Å². The first-order valence-electron chi connectivity index (χ1n) is 7.45. The number of carbonyl (C=O) groups excluding carboxylic acids is 2. The zero-order valence-corrected chi connectivity index (χ0v) is 13.1. The Balaban J connectivity index is 1.63. The molecule has 1 aromatic heterocycles. The number of nitrogens with one attached hydrogen (secondary N) is 2. The van der Waals surface area contributed by atoms with E-state index in [1.165, 1.54) is 6.26 Å². The van der Waals surface area contributed by atoms with E-state index >= 15 is 0 Å². The van der Waals surface area contributed by atoms with Crippen LogP contribution in [0.5, 0.6) is 0 Å². The number of aryl methyl sites for hydroxylation is 1. The summed E-state index contributed by atoms with van der Waals surface area (Å²) >= 11 is 0. The van der Waals surface area contributed by atoms with Crippen molar-refractivity contribution in [3.63, 3.8) is 0 Å². The summed E-state index contributed by atoms with van der Waals surface area (Å²) in [5, 5.41) is 5.53. The van der Waals surface area contributed by atoms with Crippen molar-refractivity contribution < 1.29 is 14.0 Å². The van der Waals surface area contributed by atoms with Crippen LogP contribution in [0.4, 0.5) is 11.4 Å². The number of carbonyl (C=O) groups is 2. The molecule has 0 atom stereocenters. The van der Waals surface area contributed by atoms with Crippen LogP contribution in [-0.2, 0) is 0 Å². The van der Waals surface area contributed by atoms with E-state index in [0.717, 1.165) is 5.56 Å². The minimum Gasteiger partial charge on any atom is -0.459 e. The molecular formula is C19H16N2O3. The summed E-state index contributed by atoms with van der Waals surface area (Å²) in [5.41, 5.74) is 2.96. The third-order valence-electron chi connectivity index (χ3n) is 3.46. The molecule has 120 valence electrons. The van der Waals surface area contributed by atoms with Crippen LogP contribution in [-0.4, -0.2) is 11.8 Å². The van der Waals surface area contributed by atoms with Crippen molar-refractivity contribution >= 4 is 23.2 Å². The Morgan fingerprint density at radius 3 is 1.92 bits per heavy atom. The second-order valence-electron chi connectivity index (χ2n) is 5.33. The minimum atomic E-state index is -0.323. The van der Waals surface area contributed by atoms with Crippen molar-refractivity contribution in [2.75, 3.05) is 10.6 Å². The monoisotopic (exact) mass is 320 g/mol. The maximum Gasteiger partial charge on any atom is 0.291 e. The number of benzene rings is 2. The molecule has 0 aliphatic heterocycles. The molecule has 0 bridgehead atoms. The Morgan fingerprint density at radius 2 is 1.38 bits per heavy atom. The smallest absolute Gasteiger partial charge is 0.291 e. The van der Waals surface area contributed by atoms with Crippen molar-refractivity contribution in [1.29, 1.82) is 0 Å². The van der Waals surface area contributed by atoms with Crippen molar-refractivity contribution in [1.82, 2.24) is 0 Å². The van der Waals surface area contributed by atoms with E-state index in [1.54, 1.807) is 48.5 Å². The second kappa shape index (κ2) is 6.83. The lowest BCUT2D eigenvalue weighted by Crippen LogP contribution is -2.12. The zero-order valence-electron chi connectivity index (χ0n) is 13.1. The van der Waals surface area contributed by atoms with E-state index in [1.807, 2.05) is 19.1 Å². The van der Waals surface area contributed by atoms with Gasteiger partial charge in [-0.15, -0.1) is 0 Å². The Labute approximate surface area is 139 Å². The van der Waals surface area contributed by atoms with Gasteiger partial charge in [0.05, 0.1) is 6.26 Å². The summed E-state index contributed by atoms with van der Waals surface area (Å²) < 4.78 is 5.03. The molecule has 2 aromatic carbocycles. The molecule has 0 fully saturated rings. The van der Waals surface area contributed by atoms with Gasteiger partial charge >= 0.3 is 0 Å². The van der Waals surface area contributed by atoms with Gasteiger partial charge < -0.3 is 15.1 Å². The third kappa shape index (κ3) is 3.70. The molecule has 3 rings (SSSR count). The molecule has 0 unspecified atom stereocenters. The van der Waals surface area contributed by atoms with E-state index in [0.29, 0.717) is 16.9 Å². The quantitative estimate of drug-likeness (QED) is 0.760. The molecule has 2 N–H and O–H groups in total. The maximum atomic E-state index is 12.2. The Hall–Kier alpha value is -3.34. The molecule has 3 aromatic rings. The molecule has 0 spiro atoms. The molecule has 0 saturated heterocycles. The summed E-state index contributed by atoms with van der Waals surface area (Å²) in [6, 6.07) is 17.5. The largest absolute Gasteiger partial charge is 0.459 e. The average molecular weight is 320 g/mol. The maximum absolute atomic E-state index is 12.2. The van der Waals surface area contributed by atoms with Gasteiger partial charge in [-0.2, -0.15) is 0 Å². The highest BCUT2D eigenvalue weighted by atomic mass is 16.3. The zero-order chi connectivity index (χ0) is 16.9. The lowest BCUT2D eigenvalue weighted by Gasteiger charge is -2.07. The van der Waals surface area contributed by atoms with Crippen molar-refractivity contribution in [3.05, 3.63) is 83.8 Å². The summed E-state index contributed by atoms with van der Waals surface area (Å²) in [7, 11) is 0. The fraction of sp³-hybridized carbons (Fsp3) is 0.0526. The molecule has 2 amide bonds. The summed E-state index contributed by atoms with van der Waals surface area (Å²) in [4.78, 5) is 24.0. The van der Waals surface area contributed by atoms with Gasteiger partial charge in [0.25, 0.3) is 11.8 Å². The highest BCUT2D eigenvalue weighted by Gasteiger charge is 2.09. The minimum absolute atomic E-state index is 0.178. The number of amides is 2. The predicted molar refractivity (Wildman–Crippen MR) is 92.2 cm³/mol. The predicted octanol–water partition coefficient (Wildman–Crippen LogP) is 4.09. The molecule has 5 nitrogen and oxygen atoms in total. The molecule has 0 aliphatic rings. The molecule has 0 saturated carbocycles. The van der Waals surface area contributed by atoms with Crippen LogP contribution in [0.2, 0.25) is 0 Å². The Bertz CT molecular complexity index is 835. The Morgan fingerprint density at radius 1 is 0.792 bits per heavy atom. The van der Waals surface area contributed by atoms with E-state index < -0.39 is 0 Å². The van der Waals surface area contributed by atoms with Gasteiger partial charge in [-0.1, -0.05) is 17.7 Å². The van der Waals surface area contributed by atoms with Gasteiger partial charge in [0.15, 0.2) is 5.76 Å². The number of hydrogen-bond acceptors (Lipinski definition) is 3. The van der Waals surface area contributed by atoms with E-state index in [-0.39, 0.29) is 17.6 Å². The number of furan rings is 1. The topological polar surface area (TPSA) is 71.3 Å². The van der Waals surface area contributed by atoms with Crippen LogP contribution in [0, 0.1) is 6.92 Å². The lowest BCUT2D eigenvalue weighted by molar-refractivity contribution is 0.0994. The molecule has 24 heavy (non-hydrogen) atoms. The van der Waals surface area contributed by atoms with Gasteiger partial charge in [-0.05, 0) is 55.5 Å². The standard InChI is InChI=1S/C19H16N2O3/c1-13-4-6-14(7-5-13)18(22)20-15-8-10-16(11-9-15)21-19(23)17-3-2-12-24-17/h2-12H,1H3,(H,20,22)(H,21,23). The summed E-state index contributed by atoms with van der Waals surface area (Å²) in [6.07, 6.45) is 1.44. The van der Waals surface area contributed by atoms with E-state index in [4.69, 9.17) is 4.42 Å². The van der Waals surface area contributed by atoms with E-state index in [2.05, 4.69) is 10.6 Å². The summed E-state index contributed by atoms with van der Waals surface area (Å²) in [5.74, 6) is -0.259. The fourth-order valence-corrected chi connectivity index (χ4v) is 2.15. The third-order valence-corrected chi connectivity index (χ3v) is 3.46. The SMILES string of the molecule is Cc1ccc(C(=O)Nc2ccc(NC(=O)c3ccco3)cc2)cc1. The summed E-state index contributed by atoms with van der Waals surface area (Å²) in [6.45, 7) is 1.97. The fourth-order valence-electron chi connectivity index (χ4n) is 2.15. The van der Waals surface area contributed by atoms with Gasteiger partial charge in [-0.3, -0.25) is 9.59 Å². The number of hydrogen-bond donors (Lipinski definition) is 2. The van der Waals surface area contributed by atoms with Crippen LogP contribution >= 0.6 is 0 Å². The lowest BCUT2D eigenvalue weighted by atomic mass is 10.1. The van der Waals surface area contributed by atoms with E-state index in [9.17, 15) is 9.59 Å². The normalized spacial score (nSPS) is 10.2. The molecule has 0 radical (unpaired) electrons. The highest BCUT2D eigenvalue weighted by Crippen LogP contribution is 2.16. The first kappa shape index (κ1) is 15.6. The van der Waals surface area contributed by atoms with Crippen molar-refractivity contribution in [3.8, 4) is 0 Å². The molecule has 0 aliphatic carbocycles. The van der Waals surface area contributed by atoms with Crippen molar-refractivity contribution in [2.24, 2.45) is 0 Å². The van der Waals surface area contributed by atoms with Crippen LogP contribution in [0.1, 0.15) is 26.5 Å². The van der Waals surface area contributed by atoms with Gasteiger partial charge in [0.1, 0.15) is 0 Å². The Kier molecular flexibility index (Phi) is 4.43. The average Bonchev–Trinajstić information content (AvgIpc) is 3.12. The van der Waals surface area contributed by atoms with Crippen LogP contribution in [0.15, 0.2) is 71.3 Å².